The van der Waals surface area contributed by atoms with Crippen LogP contribution in [0.25, 0.3) is 10.9 Å². The van der Waals surface area contributed by atoms with Gasteiger partial charge in [-0.05, 0) is 43.0 Å². The molecule has 5 rings (SSSR count). The molecule has 7 nitrogen and oxygen atoms in total. The zero-order valence-corrected chi connectivity index (χ0v) is 16.8. The van der Waals surface area contributed by atoms with Crippen LogP contribution in [0.15, 0.2) is 48.7 Å². The Morgan fingerprint density at radius 1 is 1.17 bits per heavy atom. The highest BCUT2D eigenvalue weighted by Gasteiger charge is 2.32. The summed E-state index contributed by atoms with van der Waals surface area (Å²) in [4.78, 5) is 33.9. The van der Waals surface area contributed by atoms with Crippen LogP contribution < -0.4 is 4.90 Å². The van der Waals surface area contributed by atoms with Gasteiger partial charge in [0.05, 0.1) is 12.5 Å². The molecule has 1 saturated heterocycles. The van der Waals surface area contributed by atoms with Gasteiger partial charge in [0.2, 0.25) is 5.91 Å². The van der Waals surface area contributed by atoms with Crippen LogP contribution in [0.2, 0.25) is 0 Å². The Morgan fingerprint density at radius 2 is 1.97 bits per heavy atom. The molecule has 2 N–H and O–H groups in total. The predicted octanol–water partition coefficient (Wildman–Crippen LogP) is 3.07. The summed E-state index contributed by atoms with van der Waals surface area (Å²) in [5, 5.41) is 8.19. The van der Waals surface area contributed by atoms with Crippen LogP contribution in [0.5, 0.6) is 0 Å². The van der Waals surface area contributed by atoms with E-state index in [4.69, 9.17) is 9.90 Å². The normalized spacial score (nSPS) is 18.3. The van der Waals surface area contributed by atoms with Gasteiger partial charge in [-0.2, -0.15) is 0 Å². The van der Waals surface area contributed by atoms with Crippen LogP contribution in [0.4, 0.5) is 5.82 Å². The summed E-state index contributed by atoms with van der Waals surface area (Å²) in [6, 6.07) is 14.4. The number of carbonyl (C=O) groups is 2. The first-order chi connectivity index (χ1) is 14.7. The van der Waals surface area contributed by atoms with Crippen molar-refractivity contribution < 1.29 is 14.7 Å². The molecule has 7 heteroatoms. The van der Waals surface area contributed by atoms with Crippen LogP contribution in [0.3, 0.4) is 0 Å². The lowest BCUT2D eigenvalue weighted by Gasteiger charge is -2.36. The summed E-state index contributed by atoms with van der Waals surface area (Å²) in [7, 11) is 0. The molecule has 156 valence electrons. The average Bonchev–Trinajstić information content (AvgIpc) is 3.17. The molecule has 0 saturated carbocycles. The van der Waals surface area contributed by atoms with Gasteiger partial charge >= 0.3 is 0 Å². The number of para-hydroxylation sites is 1. The maximum atomic E-state index is 13.2. The number of nitrogens with zero attached hydrogens (tertiary/aromatic N) is 3. The SMILES string of the molecule is O=C(C1CCCN(c2ccccn2)C1)N1CCc2c([nH]c3ccccc23)C1.O=CO. The number of hydrogen-bond acceptors (Lipinski definition) is 4. The predicted molar refractivity (Wildman–Crippen MR) is 115 cm³/mol. The molecule has 0 radical (unpaired) electrons. The highest BCUT2D eigenvalue weighted by molar-refractivity contribution is 5.86. The quantitative estimate of drug-likeness (QED) is 0.639. The molecule has 0 bridgehead atoms. The number of H-pyrrole nitrogens is 1. The van der Waals surface area contributed by atoms with Crippen molar-refractivity contribution in [2.75, 3.05) is 24.5 Å². The summed E-state index contributed by atoms with van der Waals surface area (Å²) < 4.78 is 0. The van der Waals surface area contributed by atoms with Crippen molar-refractivity contribution in [3.05, 3.63) is 59.9 Å². The second-order valence-electron chi connectivity index (χ2n) is 7.72. The fourth-order valence-electron chi connectivity index (χ4n) is 4.57. The van der Waals surface area contributed by atoms with Crippen molar-refractivity contribution in [2.24, 2.45) is 5.92 Å². The van der Waals surface area contributed by atoms with Crippen molar-refractivity contribution in [3.63, 3.8) is 0 Å². The number of benzene rings is 1. The highest BCUT2D eigenvalue weighted by atomic mass is 16.3. The molecule has 4 heterocycles. The van der Waals surface area contributed by atoms with E-state index in [0.29, 0.717) is 12.5 Å². The average molecular weight is 406 g/mol. The lowest BCUT2D eigenvalue weighted by Crippen LogP contribution is -2.46. The van der Waals surface area contributed by atoms with Crippen molar-refractivity contribution in [2.45, 2.75) is 25.8 Å². The molecule has 2 aliphatic heterocycles. The fourth-order valence-corrected chi connectivity index (χ4v) is 4.57. The number of rotatable bonds is 2. The van der Waals surface area contributed by atoms with Gasteiger partial charge in [-0.15, -0.1) is 0 Å². The van der Waals surface area contributed by atoms with E-state index < -0.39 is 0 Å². The van der Waals surface area contributed by atoms with Crippen LogP contribution in [0.1, 0.15) is 24.1 Å². The molecule has 1 aromatic carbocycles. The van der Waals surface area contributed by atoms with E-state index in [0.717, 1.165) is 44.7 Å². The highest BCUT2D eigenvalue weighted by Crippen LogP contribution is 2.29. The number of carbonyl (C=O) groups excluding carboxylic acids is 1. The van der Waals surface area contributed by atoms with Gasteiger partial charge in [0, 0.05) is 42.4 Å². The van der Waals surface area contributed by atoms with Gasteiger partial charge in [-0.1, -0.05) is 24.3 Å². The number of fused-ring (bicyclic) bond motifs is 3. The van der Waals surface area contributed by atoms with E-state index in [1.165, 1.54) is 22.2 Å². The number of piperidine rings is 1. The monoisotopic (exact) mass is 406 g/mol. The van der Waals surface area contributed by atoms with Crippen molar-refractivity contribution >= 4 is 29.1 Å². The molecule has 2 aliphatic rings. The Hall–Kier alpha value is -3.35. The third-order valence-electron chi connectivity index (χ3n) is 5.94. The van der Waals surface area contributed by atoms with E-state index in [1.807, 2.05) is 29.3 Å². The molecule has 1 fully saturated rings. The Kier molecular flexibility index (Phi) is 5.97. The van der Waals surface area contributed by atoms with Gasteiger partial charge in [0.1, 0.15) is 5.82 Å². The summed E-state index contributed by atoms with van der Waals surface area (Å²) >= 11 is 0. The standard InChI is InChI=1S/C22H24N4O.CH2O2/c27-22(16-6-5-12-25(14-16)21-9-3-4-11-23-21)26-13-10-18-17-7-1-2-8-19(17)24-20(18)15-26;2-1-3/h1-4,7-9,11,16,24H,5-6,10,12-15H2;1H,(H,2,3). The third-order valence-corrected chi connectivity index (χ3v) is 5.94. The summed E-state index contributed by atoms with van der Waals surface area (Å²) in [5.41, 5.74) is 3.76. The molecule has 3 aromatic rings. The zero-order valence-electron chi connectivity index (χ0n) is 16.8. The van der Waals surface area contributed by atoms with E-state index in [-0.39, 0.29) is 12.4 Å². The summed E-state index contributed by atoms with van der Waals surface area (Å²) in [5.74, 6) is 1.33. The van der Waals surface area contributed by atoms with Gasteiger partial charge < -0.3 is 19.9 Å². The molecule has 1 amide bonds. The minimum Gasteiger partial charge on any atom is -0.483 e. The van der Waals surface area contributed by atoms with E-state index in [1.54, 1.807) is 0 Å². The van der Waals surface area contributed by atoms with Crippen LogP contribution in [0, 0.1) is 5.92 Å². The van der Waals surface area contributed by atoms with Crippen LogP contribution >= 0.6 is 0 Å². The fraction of sp³-hybridized carbons (Fsp3) is 0.348. The van der Waals surface area contributed by atoms with Crippen LogP contribution in [-0.4, -0.2) is 52.0 Å². The second-order valence-corrected chi connectivity index (χ2v) is 7.72. The molecule has 1 atom stereocenters. The minimum atomic E-state index is -0.250. The summed E-state index contributed by atoms with van der Waals surface area (Å²) in [6.45, 7) is 3.01. The number of aromatic amines is 1. The maximum absolute atomic E-state index is 13.2. The van der Waals surface area contributed by atoms with Crippen LogP contribution in [-0.2, 0) is 22.6 Å². The second kappa shape index (κ2) is 8.98. The first-order valence-corrected chi connectivity index (χ1v) is 10.3. The number of anilines is 1. The van der Waals surface area contributed by atoms with Gasteiger partial charge in [0.25, 0.3) is 6.47 Å². The van der Waals surface area contributed by atoms with Crippen molar-refractivity contribution in [1.29, 1.82) is 0 Å². The van der Waals surface area contributed by atoms with Crippen molar-refractivity contribution in [3.8, 4) is 0 Å². The van der Waals surface area contributed by atoms with Crippen molar-refractivity contribution in [1.82, 2.24) is 14.9 Å². The maximum Gasteiger partial charge on any atom is 0.290 e. The number of aromatic nitrogens is 2. The Bertz CT molecular complexity index is 1020. The van der Waals surface area contributed by atoms with Gasteiger partial charge in [-0.3, -0.25) is 9.59 Å². The lowest BCUT2D eigenvalue weighted by atomic mass is 9.95. The van der Waals surface area contributed by atoms with E-state index in [2.05, 4.69) is 39.1 Å². The van der Waals surface area contributed by atoms with E-state index in [9.17, 15) is 4.79 Å². The number of pyridine rings is 1. The zero-order chi connectivity index (χ0) is 20.9. The first kappa shape index (κ1) is 19.9. The molecule has 30 heavy (non-hydrogen) atoms. The topological polar surface area (TPSA) is 89.5 Å². The number of nitrogens with one attached hydrogen (secondary N) is 1. The molecule has 2 aromatic heterocycles. The molecule has 0 aliphatic carbocycles. The Balaban J connectivity index is 0.000000687. The van der Waals surface area contributed by atoms with Gasteiger partial charge in [0.15, 0.2) is 0 Å². The first-order valence-electron chi connectivity index (χ1n) is 10.3. The van der Waals surface area contributed by atoms with E-state index >= 15 is 0 Å². The lowest BCUT2D eigenvalue weighted by molar-refractivity contribution is -0.136. The molecular weight excluding hydrogens is 380 g/mol. The largest absolute Gasteiger partial charge is 0.483 e. The minimum absolute atomic E-state index is 0.0617. The van der Waals surface area contributed by atoms with Gasteiger partial charge in [-0.25, -0.2) is 4.98 Å². The molecular formula is C23H26N4O3. The number of hydrogen-bond donors (Lipinski definition) is 2. The number of carboxylic acid groups (broad SMARTS) is 1. The number of amides is 1. The molecule has 1 unspecified atom stereocenters. The summed E-state index contributed by atoms with van der Waals surface area (Å²) in [6.07, 6.45) is 4.77. The Morgan fingerprint density at radius 3 is 2.77 bits per heavy atom. The smallest absolute Gasteiger partial charge is 0.290 e. The third kappa shape index (κ3) is 4.01. The molecule has 0 spiro atoms. The Labute approximate surface area is 175 Å².